The first-order valence-corrected chi connectivity index (χ1v) is 12.2. The van der Waals surface area contributed by atoms with Crippen LogP contribution in [0.4, 0.5) is 5.69 Å². The number of nitrogens with one attached hydrogen (secondary N) is 1. The first-order valence-electron chi connectivity index (χ1n) is 12.2. The molecule has 2 N–H and O–H groups in total. The van der Waals surface area contributed by atoms with Gasteiger partial charge in [-0.25, -0.2) is 0 Å². The minimum atomic E-state index is -0.162. The van der Waals surface area contributed by atoms with Crippen molar-refractivity contribution in [3.05, 3.63) is 62.1 Å². The van der Waals surface area contributed by atoms with Crippen molar-refractivity contribution in [3.8, 4) is 0 Å². The number of aliphatic hydroxyl groups is 1. The Labute approximate surface area is 197 Å². The Kier molecular flexibility index (Phi) is 8.35. The van der Waals surface area contributed by atoms with Gasteiger partial charge >= 0.3 is 0 Å². The second kappa shape index (κ2) is 11.0. The van der Waals surface area contributed by atoms with E-state index in [0.717, 1.165) is 34.6 Å². The second-order valence-electron chi connectivity index (χ2n) is 9.34. The van der Waals surface area contributed by atoms with E-state index in [1.165, 1.54) is 32.1 Å². The van der Waals surface area contributed by atoms with Gasteiger partial charge in [0.2, 0.25) is 0 Å². The molecule has 6 nitrogen and oxygen atoms in total. The first-order chi connectivity index (χ1) is 15.8. The first kappa shape index (κ1) is 25.0. The van der Waals surface area contributed by atoms with Crippen LogP contribution < -0.4 is 15.8 Å². The van der Waals surface area contributed by atoms with Crippen LogP contribution in [0.15, 0.2) is 23.0 Å². The zero-order valence-corrected chi connectivity index (χ0v) is 20.8. The van der Waals surface area contributed by atoms with Crippen LogP contribution in [0.3, 0.4) is 0 Å². The van der Waals surface area contributed by atoms with Crippen LogP contribution in [0.2, 0.25) is 0 Å². The van der Waals surface area contributed by atoms with E-state index in [1.54, 1.807) is 4.57 Å². The molecule has 0 spiro atoms. The van der Waals surface area contributed by atoms with Gasteiger partial charge in [0.1, 0.15) is 0 Å². The molecule has 2 aromatic rings. The van der Waals surface area contributed by atoms with Gasteiger partial charge in [-0.1, -0.05) is 19.3 Å². The van der Waals surface area contributed by atoms with Crippen LogP contribution in [0.1, 0.15) is 77.3 Å². The average molecular weight is 454 g/mol. The van der Waals surface area contributed by atoms with Crippen LogP contribution in [-0.2, 0) is 13.1 Å². The number of pyridine rings is 1. The minimum absolute atomic E-state index is 0.101. The van der Waals surface area contributed by atoms with Gasteiger partial charge in [-0.15, -0.1) is 0 Å². The molecule has 0 atom stereocenters. The second-order valence-corrected chi connectivity index (χ2v) is 9.34. The van der Waals surface area contributed by atoms with Gasteiger partial charge in [-0.2, -0.15) is 0 Å². The summed E-state index contributed by atoms with van der Waals surface area (Å²) in [6.07, 6.45) is 6.25. The highest BCUT2D eigenvalue weighted by Gasteiger charge is 2.24. The molecule has 0 bridgehead atoms. The molecule has 1 aliphatic rings. The van der Waals surface area contributed by atoms with Gasteiger partial charge in [-0.05, 0) is 82.3 Å². The lowest BCUT2D eigenvalue weighted by atomic mass is 9.92. The van der Waals surface area contributed by atoms with E-state index in [1.807, 2.05) is 39.8 Å². The van der Waals surface area contributed by atoms with Crippen LogP contribution in [0, 0.1) is 27.7 Å². The van der Waals surface area contributed by atoms with Gasteiger partial charge in [-0.3, -0.25) is 9.59 Å². The average Bonchev–Trinajstić information content (AvgIpc) is 2.79. The summed E-state index contributed by atoms with van der Waals surface area (Å²) in [5.41, 5.74) is 5.93. The lowest BCUT2D eigenvalue weighted by Gasteiger charge is -2.37. The number of aryl methyl sites for hydroxylation is 3. The number of carbonyl (C=O) groups is 1. The fourth-order valence-corrected chi connectivity index (χ4v) is 5.22. The highest BCUT2D eigenvalue weighted by Crippen LogP contribution is 2.32. The monoisotopic (exact) mass is 453 g/mol. The van der Waals surface area contributed by atoms with Crippen molar-refractivity contribution in [1.29, 1.82) is 0 Å². The maximum Gasteiger partial charge on any atom is 0.256 e. The number of aliphatic hydroxyl groups excluding tert-OH is 1. The predicted molar refractivity (Wildman–Crippen MR) is 134 cm³/mol. The molecule has 1 aliphatic carbocycles. The summed E-state index contributed by atoms with van der Waals surface area (Å²) in [6, 6.07) is 6.59. The number of anilines is 1. The molecular formula is C27H39N3O3. The Morgan fingerprint density at radius 2 is 1.82 bits per heavy atom. The van der Waals surface area contributed by atoms with E-state index in [0.29, 0.717) is 17.2 Å². The van der Waals surface area contributed by atoms with Gasteiger partial charge in [0.05, 0.1) is 6.61 Å². The van der Waals surface area contributed by atoms with E-state index < -0.39 is 0 Å². The van der Waals surface area contributed by atoms with E-state index in [-0.39, 0.29) is 31.2 Å². The summed E-state index contributed by atoms with van der Waals surface area (Å²) >= 11 is 0. The summed E-state index contributed by atoms with van der Waals surface area (Å²) in [7, 11) is 0. The molecule has 0 saturated heterocycles. The van der Waals surface area contributed by atoms with Gasteiger partial charge < -0.3 is 19.9 Å². The van der Waals surface area contributed by atoms with Crippen LogP contribution in [0.25, 0.3) is 0 Å². The number of carbonyl (C=O) groups excluding carboxylic acids is 1. The van der Waals surface area contributed by atoms with Crippen molar-refractivity contribution in [2.75, 3.05) is 18.1 Å². The Balaban J connectivity index is 1.87. The normalized spacial score (nSPS) is 14.4. The lowest BCUT2D eigenvalue weighted by molar-refractivity contribution is 0.0950. The van der Waals surface area contributed by atoms with E-state index in [9.17, 15) is 14.7 Å². The summed E-state index contributed by atoms with van der Waals surface area (Å²) in [6.45, 7) is 11.2. The number of nitrogens with zero attached hydrogens (tertiary/aromatic N) is 2. The zero-order valence-electron chi connectivity index (χ0n) is 20.8. The molecule has 1 saturated carbocycles. The van der Waals surface area contributed by atoms with Crippen LogP contribution >= 0.6 is 0 Å². The van der Waals surface area contributed by atoms with E-state index in [2.05, 4.69) is 23.2 Å². The fourth-order valence-electron chi connectivity index (χ4n) is 5.22. The molecule has 3 rings (SSSR count). The summed E-state index contributed by atoms with van der Waals surface area (Å²) in [5.74, 6) is -0.162. The van der Waals surface area contributed by atoms with Crippen molar-refractivity contribution in [2.24, 2.45) is 0 Å². The van der Waals surface area contributed by atoms with E-state index in [4.69, 9.17) is 0 Å². The summed E-state index contributed by atoms with van der Waals surface area (Å²) < 4.78 is 1.56. The maximum absolute atomic E-state index is 13.3. The maximum atomic E-state index is 13.3. The Morgan fingerprint density at radius 3 is 2.45 bits per heavy atom. The van der Waals surface area contributed by atoms with Crippen molar-refractivity contribution in [1.82, 2.24) is 9.88 Å². The molecular weight excluding hydrogens is 414 g/mol. The van der Waals surface area contributed by atoms with Crippen molar-refractivity contribution >= 4 is 11.6 Å². The highest BCUT2D eigenvalue weighted by molar-refractivity contribution is 5.97. The molecule has 0 radical (unpaired) electrons. The van der Waals surface area contributed by atoms with Crippen molar-refractivity contribution in [3.63, 3.8) is 0 Å². The molecule has 1 heterocycles. The van der Waals surface area contributed by atoms with Crippen LogP contribution in [0.5, 0.6) is 0 Å². The quantitative estimate of drug-likeness (QED) is 0.629. The Hall–Kier alpha value is -2.60. The van der Waals surface area contributed by atoms with Gasteiger partial charge in [0, 0.05) is 48.2 Å². The smallest absolute Gasteiger partial charge is 0.256 e. The molecule has 1 aromatic carbocycles. The standard InChI is InChI=1S/C27H39N3O3/c1-6-29(22-10-8-7-9-11-22)25-15-18(2)14-23(21(25)5)26(32)28-17-24-19(3)16-20(4)30(12-13-31)27(24)33/h14-16,22,31H,6-13,17H2,1-5H3,(H,28,32). The Morgan fingerprint density at radius 1 is 1.12 bits per heavy atom. The van der Waals surface area contributed by atoms with Gasteiger partial charge in [0.25, 0.3) is 11.5 Å². The molecule has 6 heteroatoms. The highest BCUT2D eigenvalue weighted by atomic mass is 16.3. The third kappa shape index (κ3) is 5.49. The number of amides is 1. The third-order valence-corrected chi connectivity index (χ3v) is 7.01. The van der Waals surface area contributed by atoms with E-state index >= 15 is 0 Å². The minimum Gasteiger partial charge on any atom is -0.395 e. The van der Waals surface area contributed by atoms with Crippen molar-refractivity contribution in [2.45, 2.75) is 85.9 Å². The zero-order chi connectivity index (χ0) is 24.1. The molecule has 180 valence electrons. The number of hydrogen-bond acceptors (Lipinski definition) is 4. The predicted octanol–water partition coefficient (Wildman–Crippen LogP) is 4.16. The number of benzene rings is 1. The number of rotatable bonds is 8. The molecule has 33 heavy (non-hydrogen) atoms. The lowest BCUT2D eigenvalue weighted by Crippen LogP contribution is -2.37. The van der Waals surface area contributed by atoms with Crippen LogP contribution in [-0.4, -0.2) is 34.8 Å². The van der Waals surface area contributed by atoms with Gasteiger partial charge in [0.15, 0.2) is 0 Å². The largest absolute Gasteiger partial charge is 0.395 e. The SMILES string of the molecule is CCN(c1cc(C)cc(C(=O)NCc2c(C)cc(C)n(CCO)c2=O)c1C)C1CCCCC1. The molecule has 1 aromatic heterocycles. The third-order valence-electron chi connectivity index (χ3n) is 7.01. The molecule has 1 fully saturated rings. The summed E-state index contributed by atoms with van der Waals surface area (Å²) in [4.78, 5) is 28.6. The molecule has 0 aliphatic heterocycles. The summed E-state index contributed by atoms with van der Waals surface area (Å²) in [5, 5.41) is 12.3. The topological polar surface area (TPSA) is 74.6 Å². The molecule has 0 unspecified atom stereocenters. The number of aromatic nitrogens is 1. The van der Waals surface area contributed by atoms with Crippen molar-refractivity contribution < 1.29 is 9.90 Å². The number of hydrogen-bond donors (Lipinski definition) is 2. The molecule has 1 amide bonds. The fraction of sp³-hybridized carbons (Fsp3) is 0.556. The Bertz CT molecular complexity index is 1050.